The van der Waals surface area contributed by atoms with Crippen LogP contribution in [0.25, 0.3) is 21.9 Å². The highest BCUT2D eigenvalue weighted by molar-refractivity contribution is 6.00. The van der Waals surface area contributed by atoms with Crippen LogP contribution in [-0.2, 0) is 0 Å². The van der Waals surface area contributed by atoms with Crippen molar-refractivity contribution < 1.29 is 4.74 Å². The third-order valence-electron chi connectivity index (χ3n) is 3.53. The van der Waals surface area contributed by atoms with Crippen molar-refractivity contribution in [3.63, 3.8) is 0 Å². The molecule has 1 heteroatoms. The van der Waals surface area contributed by atoms with E-state index in [0.29, 0.717) is 0 Å². The van der Waals surface area contributed by atoms with Gasteiger partial charge in [-0.25, -0.2) is 0 Å². The first-order chi connectivity index (χ1) is 9.31. The largest absolute Gasteiger partial charge is 0.496 e. The Hall–Kier alpha value is -2.28. The molecule has 3 aromatic carbocycles. The summed E-state index contributed by atoms with van der Waals surface area (Å²) in [6.07, 6.45) is 0. The van der Waals surface area contributed by atoms with E-state index in [1.807, 2.05) is 6.07 Å². The summed E-state index contributed by atoms with van der Waals surface area (Å²) in [7, 11) is 1.73. The Balaban J connectivity index is 2.41. The highest BCUT2D eigenvalue weighted by Gasteiger charge is 2.11. The van der Waals surface area contributed by atoms with Crippen molar-refractivity contribution in [3.05, 3.63) is 66.2 Å². The number of methoxy groups -OCH3 is 1. The minimum Gasteiger partial charge on any atom is -0.496 e. The summed E-state index contributed by atoms with van der Waals surface area (Å²) in [5.41, 5.74) is 3.67. The molecule has 0 aliphatic heterocycles. The van der Waals surface area contributed by atoms with Gasteiger partial charge in [-0.3, -0.25) is 0 Å². The predicted octanol–water partition coefficient (Wildman–Crippen LogP) is 4.82. The van der Waals surface area contributed by atoms with E-state index >= 15 is 0 Å². The van der Waals surface area contributed by atoms with E-state index in [0.717, 1.165) is 5.75 Å². The fourth-order valence-electron chi connectivity index (χ4n) is 2.55. The predicted molar refractivity (Wildman–Crippen MR) is 80.7 cm³/mol. The third-order valence-corrected chi connectivity index (χ3v) is 3.53. The second-order valence-corrected chi connectivity index (χ2v) is 4.68. The van der Waals surface area contributed by atoms with Gasteiger partial charge in [0.1, 0.15) is 5.75 Å². The first-order valence-corrected chi connectivity index (χ1v) is 6.43. The smallest absolute Gasteiger partial charge is 0.127 e. The molecule has 0 saturated carbocycles. The summed E-state index contributed by atoms with van der Waals surface area (Å²) in [5, 5.41) is 2.47. The summed E-state index contributed by atoms with van der Waals surface area (Å²) in [4.78, 5) is 0. The standard InChI is InChI=1S/C18H16O/c1-13-7-3-5-9-15(13)18-16-10-6-4-8-14(16)11-12-17(18)19-2/h3-12H,1-2H3. The van der Waals surface area contributed by atoms with E-state index in [9.17, 15) is 0 Å². The van der Waals surface area contributed by atoms with Crippen molar-refractivity contribution in [2.75, 3.05) is 7.11 Å². The lowest BCUT2D eigenvalue weighted by molar-refractivity contribution is 0.417. The highest BCUT2D eigenvalue weighted by Crippen LogP contribution is 2.38. The summed E-state index contributed by atoms with van der Waals surface area (Å²) in [5.74, 6) is 0.924. The lowest BCUT2D eigenvalue weighted by Crippen LogP contribution is -1.91. The maximum Gasteiger partial charge on any atom is 0.127 e. The van der Waals surface area contributed by atoms with Gasteiger partial charge in [0.25, 0.3) is 0 Å². The van der Waals surface area contributed by atoms with E-state index in [1.54, 1.807) is 7.11 Å². The van der Waals surface area contributed by atoms with Gasteiger partial charge in [-0.2, -0.15) is 0 Å². The van der Waals surface area contributed by atoms with Gasteiger partial charge >= 0.3 is 0 Å². The van der Waals surface area contributed by atoms with Crippen LogP contribution in [-0.4, -0.2) is 7.11 Å². The Bertz CT molecular complexity index is 729. The molecule has 0 saturated heterocycles. The molecule has 0 radical (unpaired) electrons. The van der Waals surface area contributed by atoms with Crippen LogP contribution < -0.4 is 4.74 Å². The lowest BCUT2D eigenvalue weighted by Gasteiger charge is -2.14. The van der Waals surface area contributed by atoms with Gasteiger partial charge in [0.2, 0.25) is 0 Å². The van der Waals surface area contributed by atoms with Crippen molar-refractivity contribution in [1.29, 1.82) is 0 Å². The number of hydrogen-bond donors (Lipinski definition) is 0. The number of aryl methyl sites for hydroxylation is 1. The molecule has 0 spiro atoms. The topological polar surface area (TPSA) is 9.23 Å². The number of rotatable bonds is 2. The van der Waals surface area contributed by atoms with Crippen LogP contribution in [0.15, 0.2) is 60.7 Å². The van der Waals surface area contributed by atoms with Crippen LogP contribution in [0.5, 0.6) is 5.75 Å². The van der Waals surface area contributed by atoms with Crippen LogP contribution in [0.1, 0.15) is 5.56 Å². The molecule has 0 aliphatic carbocycles. The van der Waals surface area contributed by atoms with Gasteiger partial charge in [-0.05, 0) is 34.9 Å². The molecule has 0 aliphatic rings. The number of benzene rings is 3. The van der Waals surface area contributed by atoms with Crippen molar-refractivity contribution in [3.8, 4) is 16.9 Å². The molecule has 0 N–H and O–H groups in total. The lowest BCUT2D eigenvalue weighted by atomic mass is 9.94. The van der Waals surface area contributed by atoms with Gasteiger partial charge in [0.15, 0.2) is 0 Å². The first kappa shape index (κ1) is 11.8. The van der Waals surface area contributed by atoms with Gasteiger partial charge in [-0.1, -0.05) is 54.6 Å². The molecule has 0 fully saturated rings. The Kier molecular flexibility index (Phi) is 2.96. The average molecular weight is 248 g/mol. The summed E-state index contributed by atoms with van der Waals surface area (Å²) >= 11 is 0. The fourth-order valence-corrected chi connectivity index (χ4v) is 2.55. The Morgan fingerprint density at radius 3 is 2.32 bits per heavy atom. The number of fused-ring (bicyclic) bond motifs is 1. The highest BCUT2D eigenvalue weighted by atomic mass is 16.5. The van der Waals surface area contributed by atoms with Gasteiger partial charge in [0, 0.05) is 5.56 Å². The molecule has 0 amide bonds. The quantitative estimate of drug-likeness (QED) is 0.631. The van der Waals surface area contributed by atoms with Crippen molar-refractivity contribution >= 4 is 10.8 Å². The molecule has 1 nitrogen and oxygen atoms in total. The van der Waals surface area contributed by atoms with E-state index in [1.165, 1.54) is 27.5 Å². The normalized spacial score (nSPS) is 10.6. The van der Waals surface area contributed by atoms with Crippen molar-refractivity contribution in [2.45, 2.75) is 6.92 Å². The second-order valence-electron chi connectivity index (χ2n) is 4.68. The molecular formula is C18H16O. The Morgan fingerprint density at radius 1 is 0.789 bits per heavy atom. The molecular weight excluding hydrogens is 232 g/mol. The SMILES string of the molecule is COc1ccc2ccccc2c1-c1ccccc1C. The average Bonchev–Trinajstić information content (AvgIpc) is 2.47. The van der Waals surface area contributed by atoms with E-state index in [2.05, 4.69) is 61.5 Å². The Labute approximate surface area is 113 Å². The maximum absolute atomic E-state index is 5.56. The van der Waals surface area contributed by atoms with Crippen molar-refractivity contribution in [1.82, 2.24) is 0 Å². The number of ether oxygens (including phenoxy) is 1. The van der Waals surface area contributed by atoms with Crippen LogP contribution >= 0.6 is 0 Å². The monoisotopic (exact) mass is 248 g/mol. The van der Waals surface area contributed by atoms with Crippen LogP contribution in [0, 0.1) is 6.92 Å². The summed E-state index contributed by atoms with van der Waals surface area (Å²) in [6.45, 7) is 2.14. The fraction of sp³-hybridized carbons (Fsp3) is 0.111. The molecule has 0 heterocycles. The Morgan fingerprint density at radius 2 is 1.53 bits per heavy atom. The minimum atomic E-state index is 0.924. The molecule has 0 atom stereocenters. The van der Waals surface area contributed by atoms with Crippen LogP contribution in [0.3, 0.4) is 0 Å². The summed E-state index contributed by atoms with van der Waals surface area (Å²) < 4.78 is 5.56. The molecule has 0 unspecified atom stereocenters. The van der Waals surface area contributed by atoms with Gasteiger partial charge in [-0.15, -0.1) is 0 Å². The second kappa shape index (κ2) is 4.77. The van der Waals surface area contributed by atoms with Gasteiger partial charge in [0.05, 0.1) is 7.11 Å². The zero-order valence-electron chi connectivity index (χ0n) is 11.2. The zero-order valence-corrected chi connectivity index (χ0v) is 11.2. The molecule has 0 bridgehead atoms. The number of hydrogen-bond acceptors (Lipinski definition) is 1. The molecule has 3 aromatic rings. The first-order valence-electron chi connectivity index (χ1n) is 6.43. The maximum atomic E-state index is 5.56. The molecule has 94 valence electrons. The third kappa shape index (κ3) is 1.97. The van der Waals surface area contributed by atoms with Crippen molar-refractivity contribution in [2.24, 2.45) is 0 Å². The van der Waals surface area contributed by atoms with E-state index in [-0.39, 0.29) is 0 Å². The molecule has 3 rings (SSSR count). The molecule has 19 heavy (non-hydrogen) atoms. The van der Waals surface area contributed by atoms with E-state index < -0.39 is 0 Å². The van der Waals surface area contributed by atoms with Crippen LogP contribution in [0.4, 0.5) is 0 Å². The summed E-state index contributed by atoms with van der Waals surface area (Å²) in [6, 6.07) is 21.0. The minimum absolute atomic E-state index is 0.924. The molecule has 0 aromatic heterocycles. The van der Waals surface area contributed by atoms with E-state index in [4.69, 9.17) is 4.74 Å². The van der Waals surface area contributed by atoms with Gasteiger partial charge < -0.3 is 4.74 Å². The zero-order chi connectivity index (χ0) is 13.2. The van der Waals surface area contributed by atoms with Crippen LogP contribution in [0.2, 0.25) is 0 Å².